The summed E-state index contributed by atoms with van der Waals surface area (Å²) in [5.41, 5.74) is -7.99. The van der Waals surface area contributed by atoms with Crippen LogP contribution in [-0.2, 0) is 23.7 Å². The van der Waals surface area contributed by atoms with Gasteiger partial charge in [-0.15, -0.1) is 0 Å². The lowest BCUT2D eigenvalue weighted by Crippen LogP contribution is -2.76. The van der Waals surface area contributed by atoms with Crippen LogP contribution in [0.5, 0.6) is 0 Å². The lowest BCUT2D eigenvalue weighted by molar-refractivity contribution is -0.461. The second-order valence-electron chi connectivity index (χ2n) is 17.7. The van der Waals surface area contributed by atoms with Gasteiger partial charge in [0.2, 0.25) is 0 Å². The van der Waals surface area contributed by atoms with Crippen molar-refractivity contribution in [1.82, 2.24) is 0 Å². The standard InChI is InChI=1S/C44H56O13/c1-24(2)41-21-29(22-53-37(48)27-16-10-7-11-17-27)43-32-34(47)40(51,23-45)39(50)42(52)33(43)31(26(4)35(42)54-38(49)28-18-12-8-13-19-28)25(3)15-9-5-6-14-20-30(46)44(56-41,57-43)55-36(32)41/h7-8,10-13,16-19,25-26,29-36,39,45-47,50-52H,1,5-6,9,14-15,20-23H2,2-4H3/t25-,26+,29+,30-,31+,32+,33-,34+,35+,36-,39-,40-,41-,42-,43-,44?/m1/s1. The molecule has 3 heterocycles. The van der Waals surface area contributed by atoms with Crippen LogP contribution >= 0.6 is 0 Å². The summed E-state index contributed by atoms with van der Waals surface area (Å²) < 4.78 is 33.2. The van der Waals surface area contributed by atoms with Crippen LogP contribution in [0, 0.1) is 35.5 Å². The molecule has 8 rings (SSSR count). The Balaban J connectivity index is 1.40. The summed E-state index contributed by atoms with van der Waals surface area (Å²) in [7, 11) is 0. The number of esters is 2. The van der Waals surface area contributed by atoms with Gasteiger partial charge in [-0.1, -0.05) is 88.9 Å². The van der Waals surface area contributed by atoms with Gasteiger partial charge in [0.1, 0.15) is 41.2 Å². The Hall–Kier alpha value is -3.24. The van der Waals surface area contributed by atoms with Crippen LogP contribution in [0.1, 0.15) is 86.4 Å². The summed E-state index contributed by atoms with van der Waals surface area (Å²) in [6, 6.07) is 16.6. The molecule has 3 aliphatic carbocycles. The normalized spacial score (nSPS) is 46.2. The number of aliphatic hydroxyl groups excluding tert-OH is 4. The summed E-state index contributed by atoms with van der Waals surface area (Å²) in [6.07, 6.45) is -4.58. The molecule has 3 saturated heterocycles. The third kappa shape index (κ3) is 5.75. The van der Waals surface area contributed by atoms with Crippen molar-refractivity contribution in [3.8, 4) is 0 Å². The maximum Gasteiger partial charge on any atom is 0.338 e. The first kappa shape index (κ1) is 40.5. The maximum absolute atomic E-state index is 14.0. The minimum absolute atomic E-state index is 0.0109. The van der Waals surface area contributed by atoms with Gasteiger partial charge in [-0.05, 0) is 67.4 Å². The topological polar surface area (TPSA) is 202 Å². The highest BCUT2D eigenvalue weighted by Gasteiger charge is 2.87. The first-order valence-electron chi connectivity index (χ1n) is 20.4. The Morgan fingerprint density at radius 3 is 2.11 bits per heavy atom. The minimum atomic E-state index is -2.85. The van der Waals surface area contributed by atoms with E-state index in [0.29, 0.717) is 18.4 Å². The van der Waals surface area contributed by atoms with E-state index in [1.807, 2.05) is 13.8 Å². The molecular formula is C44H56O13. The van der Waals surface area contributed by atoms with Crippen molar-refractivity contribution in [1.29, 1.82) is 0 Å². The van der Waals surface area contributed by atoms with Gasteiger partial charge in [-0.25, -0.2) is 9.59 Å². The van der Waals surface area contributed by atoms with Crippen molar-refractivity contribution < 1.29 is 63.9 Å². The second-order valence-corrected chi connectivity index (χ2v) is 17.7. The van der Waals surface area contributed by atoms with E-state index in [0.717, 1.165) is 19.3 Å². The first-order chi connectivity index (χ1) is 27.1. The van der Waals surface area contributed by atoms with Crippen molar-refractivity contribution in [3.63, 3.8) is 0 Å². The smallest absolute Gasteiger partial charge is 0.338 e. The van der Waals surface area contributed by atoms with Crippen molar-refractivity contribution >= 4 is 11.9 Å². The van der Waals surface area contributed by atoms with E-state index >= 15 is 0 Å². The molecule has 3 aliphatic heterocycles. The van der Waals surface area contributed by atoms with Crippen molar-refractivity contribution in [3.05, 3.63) is 83.9 Å². The molecule has 1 unspecified atom stereocenters. The molecule has 57 heavy (non-hydrogen) atoms. The first-order valence-corrected chi connectivity index (χ1v) is 20.4. The minimum Gasteiger partial charge on any atom is -0.462 e. The molecule has 16 atom stereocenters. The summed E-state index contributed by atoms with van der Waals surface area (Å²) >= 11 is 0. The van der Waals surface area contributed by atoms with E-state index in [9.17, 15) is 40.2 Å². The quantitative estimate of drug-likeness (QED) is 0.177. The van der Waals surface area contributed by atoms with Crippen molar-refractivity contribution in [2.45, 2.75) is 125 Å². The molecular weight excluding hydrogens is 736 g/mol. The summed E-state index contributed by atoms with van der Waals surface area (Å²) in [5, 5.41) is 74.9. The number of benzene rings is 2. The molecule has 13 nitrogen and oxygen atoms in total. The number of rotatable bonds is 7. The number of ether oxygens (including phenoxy) is 5. The van der Waals surface area contributed by atoms with Gasteiger partial charge in [0.15, 0.2) is 0 Å². The van der Waals surface area contributed by atoms with Crippen LogP contribution in [0.4, 0.5) is 0 Å². The molecule has 2 spiro atoms. The van der Waals surface area contributed by atoms with E-state index in [2.05, 4.69) is 6.58 Å². The number of hydrogen-bond acceptors (Lipinski definition) is 13. The van der Waals surface area contributed by atoms with Crippen molar-refractivity contribution in [2.24, 2.45) is 35.5 Å². The molecule has 6 fully saturated rings. The fourth-order valence-electron chi connectivity index (χ4n) is 12.1. The lowest BCUT2D eigenvalue weighted by Gasteiger charge is -2.62. The van der Waals surface area contributed by atoms with Crippen LogP contribution in [0.15, 0.2) is 72.8 Å². The third-order valence-corrected chi connectivity index (χ3v) is 14.7. The van der Waals surface area contributed by atoms with Gasteiger partial charge >= 0.3 is 17.9 Å². The summed E-state index contributed by atoms with van der Waals surface area (Å²) in [4.78, 5) is 27.7. The molecule has 3 bridgehead atoms. The van der Waals surface area contributed by atoms with Crippen LogP contribution in [0.2, 0.25) is 0 Å². The monoisotopic (exact) mass is 792 g/mol. The SMILES string of the molecule is C=C(C)[C@]12C[C@@H](COC(=O)c3ccccc3)[C@@]34OC5(O[C@@H]1[C@@H]3[C@H](O)[C@](O)(CO)[C@@H](O)[C@@]1(O)[C@H]4[C@H]([C@H](C)[C@@H]1OC(=O)c1ccccc1)[C@H](C)CCCCCC[C@H]5O)O2. The van der Waals surface area contributed by atoms with Crippen LogP contribution in [0.3, 0.4) is 0 Å². The van der Waals surface area contributed by atoms with Crippen LogP contribution in [-0.4, -0.2) is 115 Å². The van der Waals surface area contributed by atoms with Gasteiger partial charge in [0.25, 0.3) is 0 Å². The molecule has 6 N–H and O–H groups in total. The fourth-order valence-corrected chi connectivity index (χ4v) is 12.1. The Kier molecular flexibility index (Phi) is 10.3. The zero-order valence-corrected chi connectivity index (χ0v) is 32.7. The zero-order valence-electron chi connectivity index (χ0n) is 32.7. The molecule has 2 aromatic carbocycles. The van der Waals surface area contributed by atoms with Crippen LogP contribution < -0.4 is 0 Å². The van der Waals surface area contributed by atoms with E-state index in [1.165, 1.54) is 0 Å². The number of aliphatic hydroxyl groups is 6. The van der Waals surface area contributed by atoms with Gasteiger partial charge in [0.05, 0.1) is 36.0 Å². The van der Waals surface area contributed by atoms with E-state index in [1.54, 1.807) is 67.6 Å². The summed E-state index contributed by atoms with van der Waals surface area (Å²) in [5.74, 6) is -8.88. The highest BCUT2D eigenvalue weighted by Crippen LogP contribution is 2.73. The Bertz CT molecular complexity index is 1840. The molecule has 3 saturated carbocycles. The van der Waals surface area contributed by atoms with E-state index in [4.69, 9.17) is 23.7 Å². The fraction of sp³-hybridized carbons (Fsp3) is 0.636. The van der Waals surface area contributed by atoms with Crippen molar-refractivity contribution in [2.75, 3.05) is 13.2 Å². The third-order valence-electron chi connectivity index (χ3n) is 14.7. The molecule has 2 aromatic rings. The summed E-state index contributed by atoms with van der Waals surface area (Å²) in [6.45, 7) is 8.28. The number of carbonyl (C=O) groups excluding carboxylic acids is 2. The van der Waals surface area contributed by atoms with Crippen LogP contribution in [0.25, 0.3) is 0 Å². The predicted molar refractivity (Wildman–Crippen MR) is 202 cm³/mol. The average Bonchev–Trinajstić information content (AvgIpc) is 3.56. The Morgan fingerprint density at radius 2 is 1.49 bits per heavy atom. The average molecular weight is 793 g/mol. The predicted octanol–water partition coefficient (Wildman–Crippen LogP) is 3.28. The molecule has 0 aromatic heterocycles. The maximum atomic E-state index is 14.0. The largest absolute Gasteiger partial charge is 0.462 e. The van der Waals surface area contributed by atoms with Gasteiger partial charge in [0, 0.05) is 17.8 Å². The molecule has 0 amide bonds. The van der Waals surface area contributed by atoms with E-state index < -0.39 is 107 Å². The van der Waals surface area contributed by atoms with Gasteiger partial charge < -0.3 is 54.3 Å². The highest BCUT2D eigenvalue weighted by molar-refractivity contribution is 5.90. The zero-order chi connectivity index (χ0) is 40.7. The molecule has 13 heteroatoms. The lowest BCUT2D eigenvalue weighted by atomic mass is 9.51. The Labute approximate surface area is 332 Å². The molecule has 0 radical (unpaired) electrons. The van der Waals surface area contributed by atoms with Gasteiger partial charge in [-0.2, -0.15) is 0 Å². The molecule has 310 valence electrons. The number of carbonyl (C=O) groups is 2. The second kappa shape index (κ2) is 14.5. The Morgan fingerprint density at radius 1 is 0.877 bits per heavy atom. The van der Waals surface area contributed by atoms with Gasteiger partial charge in [-0.3, -0.25) is 0 Å². The van der Waals surface area contributed by atoms with E-state index in [-0.39, 0.29) is 36.5 Å². The number of hydrogen-bond donors (Lipinski definition) is 6. The molecule has 6 aliphatic rings. The highest BCUT2D eigenvalue weighted by atomic mass is 16.9.